The molecule has 0 N–H and O–H groups in total. The molecule has 0 saturated carbocycles. The molecule has 0 heterocycles. The zero-order chi connectivity index (χ0) is 15.1. The van der Waals surface area contributed by atoms with Gasteiger partial charge in [-0.05, 0) is 6.42 Å². The molecule has 0 aromatic carbocycles. The van der Waals surface area contributed by atoms with E-state index in [1.807, 2.05) is 6.92 Å². The summed E-state index contributed by atoms with van der Waals surface area (Å²) >= 11 is 0. The van der Waals surface area contributed by atoms with E-state index in [9.17, 15) is 4.79 Å². The molecule has 0 bridgehead atoms. The summed E-state index contributed by atoms with van der Waals surface area (Å²) in [4.78, 5) is 13.7. The summed E-state index contributed by atoms with van der Waals surface area (Å²) in [5.41, 5.74) is 0. The number of nitrogens with zero attached hydrogens (tertiary/aromatic N) is 1. The van der Waals surface area contributed by atoms with Gasteiger partial charge in [-0.25, -0.2) is 0 Å². The molecule has 0 radical (unpaired) electrons. The third-order valence-electron chi connectivity index (χ3n) is 2.69. The summed E-state index contributed by atoms with van der Waals surface area (Å²) in [5, 5.41) is 0. The summed E-state index contributed by atoms with van der Waals surface area (Å²) < 4.78 is 20.4. The zero-order valence-corrected chi connectivity index (χ0v) is 13.1. The fourth-order valence-corrected chi connectivity index (χ4v) is 1.56. The van der Waals surface area contributed by atoms with Gasteiger partial charge in [-0.1, -0.05) is 6.92 Å². The van der Waals surface area contributed by atoms with Crippen LogP contribution in [0.1, 0.15) is 19.8 Å². The number of hydrogen-bond acceptors (Lipinski definition) is 6. The third-order valence-corrected chi connectivity index (χ3v) is 2.69. The summed E-state index contributed by atoms with van der Waals surface area (Å²) in [6.07, 6.45) is 1.35. The Morgan fingerprint density at radius 2 is 1.55 bits per heavy atom. The highest BCUT2D eigenvalue weighted by atomic mass is 16.6. The molecule has 0 aromatic rings. The quantitative estimate of drug-likeness (QED) is 0.351. The van der Waals surface area contributed by atoms with Crippen LogP contribution in [0.5, 0.6) is 0 Å². The Morgan fingerprint density at radius 3 is 2.10 bits per heavy atom. The van der Waals surface area contributed by atoms with Crippen molar-refractivity contribution in [3.05, 3.63) is 0 Å². The van der Waals surface area contributed by atoms with Crippen molar-refractivity contribution < 1.29 is 23.7 Å². The fraction of sp³-hybridized carbons (Fsp3) is 0.929. The molecule has 0 atom stereocenters. The molecule has 0 aromatic heterocycles. The van der Waals surface area contributed by atoms with E-state index in [1.54, 1.807) is 14.2 Å². The Kier molecular flexibility index (Phi) is 14.2. The third kappa shape index (κ3) is 12.3. The predicted molar refractivity (Wildman–Crippen MR) is 76.9 cm³/mol. The Bertz CT molecular complexity index is 218. The second kappa shape index (κ2) is 14.7. The van der Waals surface area contributed by atoms with Gasteiger partial charge in [0.15, 0.2) is 0 Å². The lowest BCUT2D eigenvalue weighted by molar-refractivity contribution is -0.145. The lowest BCUT2D eigenvalue weighted by atomic mass is 10.3. The van der Waals surface area contributed by atoms with E-state index in [2.05, 4.69) is 4.90 Å². The summed E-state index contributed by atoms with van der Waals surface area (Å²) in [5.74, 6) is -0.190. The molecule has 0 unspecified atom stereocenters. The molecule has 0 amide bonds. The van der Waals surface area contributed by atoms with E-state index >= 15 is 0 Å². The van der Waals surface area contributed by atoms with Gasteiger partial charge < -0.3 is 18.9 Å². The fourth-order valence-electron chi connectivity index (χ4n) is 1.56. The Hall–Kier alpha value is -0.690. The van der Waals surface area contributed by atoms with Crippen molar-refractivity contribution in [2.75, 3.05) is 66.9 Å². The van der Waals surface area contributed by atoms with E-state index < -0.39 is 0 Å². The van der Waals surface area contributed by atoms with Crippen molar-refractivity contribution in [2.24, 2.45) is 0 Å². The van der Waals surface area contributed by atoms with Crippen LogP contribution in [0.2, 0.25) is 0 Å². The molecule has 0 aliphatic carbocycles. The number of esters is 1. The minimum absolute atomic E-state index is 0.190. The van der Waals surface area contributed by atoms with E-state index in [4.69, 9.17) is 18.9 Å². The molecule has 20 heavy (non-hydrogen) atoms. The minimum atomic E-state index is -0.190. The first-order valence-corrected chi connectivity index (χ1v) is 7.18. The summed E-state index contributed by atoms with van der Waals surface area (Å²) in [6.45, 7) is 7.06. The van der Waals surface area contributed by atoms with Crippen molar-refractivity contribution in [3.63, 3.8) is 0 Å². The van der Waals surface area contributed by atoms with Gasteiger partial charge in [0.2, 0.25) is 0 Å². The van der Waals surface area contributed by atoms with Crippen LogP contribution in [-0.4, -0.2) is 77.8 Å². The van der Waals surface area contributed by atoms with E-state index in [-0.39, 0.29) is 5.97 Å². The molecular weight excluding hydrogens is 262 g/mol. The lowest BCUT2D eigenvalue weighted by Crippen LogP contribution is -2.33. The number of hydrogen-bond donors (Lipinski definition) is 0. The van der Waals surface area contributed by atoms with E-state index in [0.29, 0.717) is 46.0 Å². The SMILES string of the molecule is CCCOCCOC(=O)CCN(CCOC)CCOC. The van der Waals surface area contributed by atoms with Crippen molar-refractivity contribution >= 4 is 5.97 Å². The maximum atomic E-state index is 11.6. The van der Waals surface area contributed by atoms with Crippen molar-refractivity contribution in [3.8, 4) is 0 Å². The topological polar surface area (TPSA) is 57.2 Å². The van der Waals surface area contributed by atoms with Crippen LogP contribution in [0.4, 0.5) is 0 Å². The highest BCUT2D eigenvalue weighted by Gasteiger charge is 2.09. The molecule has 6 nitrogen and oxygen atoms in total. The van der Waals surface area contributed by atoms with Gasteiger partial charge in [0, 0.05) is 40.5 Å². The maximum Gasteiger partial charge on any atom is 0.307 e. The van der Waals surface area contributed by atoms with Gasteiger partial charge in [0.25, 0.3) is 0 Å². The van der Waals surface area contributed by atoms with Crippen molar-refractivity contribution in [1.29, 1.82) is 0 Å². The van der Waals surface area contributed by atoms with Gasteiger partial charge in [0.05, 0.1) is 26.2 Å². The number of methoxy groups -OCH3 is 2. The standard InChI is InChI=1S/C14H29NO5/c1-4-9-19-12-13-20-14(16)5-6-15(7-10-17-2)8-11-18-3/h4-13H2,1-3H3. The first-order valence-electron chi connectivity index (χ1n) is 7.18. The second-order valence-corrected chi connectivity index (χ2v) is 4.41. The van der Waals surface area contributed by atoms with Crippen LogP contribution in [0.25, 0.3) is 0 Å². The molecular formula is C14H29NO5. The Labute approximate surface area is 122 Å². The minimum Gasteiger partial charge on any atom is -0.463 e. The number of carbonyl (C=O) groups is 1. The van der Waals surface area contributed by atoms with E-state index in [0.717, 1.165) is 19.5 Å². The first-order chi connectivity index (χ1) is 9.74. The molecule has 6 heteroatoms. The molecule has 0 spiro atoms. The van der Waals surface area contributed by atoms with Gasteiger partial charge in [0.1, 0.15) is 6.61 Å². The average Bonchev–Trinajstić information content (AvgIpc) is 2.46. The molecule has 0 aliphatic rings. The normalized spacial score (nSPS) is 11.0. The second-order valence-electron chi connectivity index (χ2n) is 4.41. The van der Waals surface area contributed by atoms with Crippen LogP contribution in [0.3, 0.4) is 0 Å². The zero-order valence-electron chi connectivity index (χ0n) is 13.1. The molecule has 0 saturated heterocycles. The summed E-state index contributed by atoms with van der Waals surface area (Å²) in [7, 11) is 3.33. The average molecular weight is 291 g/mol. The number of rotatable bonds is 14. The summed E-state index contributed by atoms with van der Waals surface area (Å²) in [6, 6.07) is 0. The number of ether oxygens (including phenoxy) is 4. The molecule has 0 rings (SSSR count). The number of carbonyl (C=O) groups excluding carboxylic acids is 1. The van der Waals surface area contributed by atoms with E-state index in [1.165, 1.54) is 0 Å². The van der Waals surface area contributed by atoms with Gasteiger partial charge in [-0.2, -0.15) is 0 Å². The van der Waals surface area contributed by atoms with Gasteiger partial charge in [-0.15, -0.1) is 0 Å². The molecule has 120 valence electrons. The van der Waals surface area contributed by atoms with Crippen LogP contribution in [0, 0.1) is 0 Å². The van der Waals surface area contributed by atoms with Crippen LogP contribution in [-0.2, 0) is 23.7 Å². The molecule has 0 fully saturated rings. The van der Waals surface area contributed by atoms with Crippen LogP contribution >= 0.6 is 0 Å². The van der Waals surface area contributed by atoms with Gasteiger partial charge >= 0.3 is 5.97 Å². The highest BCUT2D eigenvalue weighted by molar-refractivity contribution is 5.69. The predicted octanol–water partition coefficient (Wildman–Crippen LogP) is 0.941. The smallest absolute Gasteiger partial charge is 0.307 e. The largest absolute Gasteiger partial charge is 0.463 e. The van der Waals surface area contributed by atoms with Crippen molar-refractivity contribution in [1.82, 2.24) is 4.90 Å². The molecule has 0 aliphatic heterocycles. The van der Waals surface area contributed by atoms with Crippen LogP contribution in [0.15, 0.2) is 0 Å². The van der Waals surface area contributed by atoms with Crippen LogP contribution < -0.4 is 0 Å². The van der Waals surface area contributed by atoms with Crippen molar-refractivity contribution in [2.45, 2.75) is 19.8 Å². The highest BCUT2D eigenvalue weighted by Crippen LogP contribution is 1.95. The Morgan fingerprint density at radius 1 is 0.900 bits per heavy atom. The Balaban J connectivity index is 3.68. The lowest BCUT2D eigenvalue weighted by Gasteiger charge is -2.20. The van der Waals surface area contributed by atoms with Gasteiger partial charge in [-0.3, -0.25) is 9.69 Å². The maximum absolute atomic E-state index is 11.6. The first kappa shape index (κ1) is 19.3. The monoisotopic (exact) mass is 291 g/mol.